The molecule has 0 aliphatic carbocycles. The summed E-state index contributed by atoms with van der Waals surface area (Å²) in [5.74, 6) is 5.70. The van der Waals surface area contributed by atoms with Gasteiger partial charge in [0.25, 0.3) is 0 Å². The van der Waals surface area contributed by atoms with E-state index in [0.717, 1.165) is 6.42 Å². The minimum atomic E-state index is 0.157. The Morgan fingerprint density at radius 1 is 1.50 bits per heavy atom. The molecule has 0 bridgehead atoms. The van der Waals surface area contributed by atoms with Gasteiger partial charge in [0, 0.05) is 20.5 Å². The first-order valence-electron chi connectivity index (χ1n) is 3.96. The predicted molar refractivity (Wildman–Crippen MR) is 50.5 cm³/mol. The van der Waals surface area contributed by atoms with Gasteiger partial charge >= 0.3 is 0 Å². The van der Waals surface area contributed by atoms with Crippen molar-refractivity contribution in [3.8, 4) is 11.8 Å². The summed E-state index contributed by atoms with van der Waals surface area (Å²) in [5.41, 5.74) is 0. The van der Waals surface area contributed by atoms with E-state index in [1.807, 2.05) is 6.08 Å². The zero-order valence-electron chi connectivity index (χ0n) is 7.92. The van der Waals surface area contributed by atoms with Crippen LogP contribution in [-0.4, -0.2) is 24.9 Å². The minimum absolute atomic E-state index is 0.157. The van der Waals surface area contributed by atoms with Crippen LogP contribution in [0.4, 0.5) is 0 Å². The normalized spacial score (nSPS) is 9.25. The maximum absolute atomic E-state index is 11.0. The summed E-state index contributed by atoms with van der Waals surface area (Å²) in [6.45, 7) is 1.79. The summed E-state index contributed by atoms with van der Waals surface area (Å²) in [6.07, 6.45) is 5.03. The van der Waals surface area contributed by atoms with Gasteiger partial charge in [-0.2, -0.15) is 0 Å². The van der Waals surface area contributed by atoms with Gasteiger partial charge in [-0.15, -0.1) is 5.92 Å². The molecule has 0 aliphatic heterocycles. The molecule has 0 saturated heterocycles. The Morgan fingerprint density at radius 2 is 2.17 bits per heavy atom. The van der Waals surface area contributed by atoms with E-state index in [1.54, 1.807) is 32.0 Å². The molecule has 0 aromatic carbocycles. The number of hydrogen-bond donors (Lipinski definition) is 0. The molecule has 0 aromatic rings. The standard InChI is InChI=1S/C10H15NO/c1-4-5-6-7-8-9-10(12)11(2)3/h6-7H,8-9H2,1-3H3. The number of rotatable bonds is 3. The van der Waals surface area contributed by atoms with Crippen LogP contribution in [0.5, 0.6) is 0 Å². The van der Waals surface area contributed by atoms with Crippen LogP contribution in [0.2, 0.25) is 0 Å². The van der Waals surface area contributed by atoms with Crippen LogP contribution in [0.15, 0.2) is 12.2 Å². The highest BCUT2D eigenvalue weighted by molar-refractivity contribution is 5.75. The molecule has 0 N–H and O–H groups in total. The lowest BCUT2D eigenvalue weighted by Gasteiger charge is -2.07. The predicted octanol–water partition coefficient (Wildman–Crippen LogP) is 1.43. The number of carbonyl (C=O) groups is 1. The van der Waals surface area contributed by atoms with Crippen molar-refractivity contribution < 1.29 is 4.79 Å². The van der Waals surface area contributed by atoms with Gasteiger partial charge in [0.05, 0.1) is 0 Å². The second-order valence-corrected chi connectivity index (χ2v) is 2.62. The van der Waals surface area contributed by atoms with Gasteiger partial charge in [-0.3, -0.25) is 4.79 Å². The first-order chi connectivity index (χ1) is 5.68. The summed E-state index contributed by atoms with van der Waals surface area (Å²) in [6, 6.07) is 0. The van der Waals surface area contributed by atoms with Crippen molar-refractivity contribution in [2.24, 2.45) is 0 Å². The molecular weight excluding hydrogens is 150 g/mol. The van der Waals surface area contributed by atoms with Gasteiger partial charge in [-0.25, -0.2) is 0 Å². The van der Waals surface area contributed by atoms with Crippen molar-refractivity contribution in [1.82, 2.24) is 4.90 Å². The first-order valence-corrected chi connectivity index (χ1v) is 3.96. The fraction of sp³-hybridized carbons (Fsp3) is 0.500. The van der Waals surface area contributed by atoms with Crippen LogP contribution in [0.3, 0.4) is 0 Å². The molecule has 0 saturated carbocycles. The van der Waals surface area contributed by atoms with Gasteiger partial charge in [0.2, 0.25) is 5.91 Å². The highest BCUT2D eigenvalue weighted by atomic mass is 16.2. The van der Waals surface area contributed by atoms with E-state index in [-0.39, 0.29) is 5.91 Å². The molecule has 2 nitrogen and oxygen atoms in total. The Hall–Kier alpha value is -1.23. The van der Waals surface area contributed by atoms with Crippen molar-refractivity contribution in [1.29, 1.82) is 0 Å². The topological polar surface area (TPSA) is 20.3 Å². The highest BCUT2D eigenvalue weighted by Crippen LogP contribution is 1.94. The Balaban J connectivity index is 3.54. The zero-order valence-corrected chi connectivity index (χ0v) is 7.92. The van der Waals surface area contributed by atoms with E-state index in [0.29, 0.717) is 6.42 Å². The molecule has 2 heteroatoms. The first kappa shape index (κ1) is 10.8. The summed E-state index contributed by atoms with van der Waals surface area (Å²) in [4.78, 5) is 12.6. The third-order valence-electron chi connectivity index (χ3n) is 1.37. The minimum Gasteiger partial charge on any atom is -0.349 e. The molecule has 0 aromatic heterocycles. The summed E-state index contributed by atoms with van der Waals surface area (Å²) in [5, 5.41) is 0. The Labute approximate surface area is 74.3 Å². The second kappa shape index (κ2) is 6.48. The lowest BCUT2D eigenvalue weighted by Crippen LogP contribution is -2.20. The molecule has 0 radical (unpaired) electrons. The molecule has 12 heavy (non-hydrogen) atoms. The summed E-state index contributed by atoms with van der Waals surface area (Å²) < 4.78 is 0. The SMILES string of the molecule is CC#CC=CCCC(=O)N(C)C. The van der Waals surface area contributed by atoms with E-state index in [9.17, 15) is 4.79 Å². The smallest absolute Gasteiger partial charge is 0.222 e. The fourth-order valence-electron chi connectivity index (χ4n) is 0.656. The van der Waals surface area contributed by atoms with Gasteiger partial charge in [-0.05, 0) is 19.4 Å². The molecule has 0 atom stereocenters. The Morgan fingerprint density at radius 3 is 2.67 bits per heavy atom. The van der Waals surface area contributed by atoms with E-state index in [4.69, 9.17) is 0 Å². The molecule has 66 valence electrons. The van der Waals surface area contributed by atoms with E-state index >= 15 is 0 Å². The third kappa shape index (κ3) is 5.55. The average Bonchev–Trinajstić information content (AvgIpc) is 2.03. The molecule has 0 fully saturated rings. The maximum atomic E-state index is 11.0. The van der Waals surface area contributed by atoms with E-state index in [1.165, 1.54) is 0 Å². The number of hydrogen-bond acceptors (Lipinski definition) is 1. The number of carbonyl (C=O) groups excluding carboxylic acids is 1. The molecular formula is C10H15NO. The number of allylic oxidation sites excluding steroid dienone is 2. The highest BCUT2D eigenvalue weighted by Gasteiger charge is 1.99. The largest absolute Gasteiger partial charge is 0.349 e. The Bertz CT molecular complexity index is 218. The van der Waals surface area contributed by atoms with Crippen LogP contribution in [-0.2, 0) is 4.79 Å². The van der Waals surface area contributed by atoms with Gasteiger partial charge in [-0.1, -0.05) is 12.0 Å². The summed E-state index contributed by atoms with van der Waals surface area (Å²) >= 11 is 0. The second-order valence-electron chi connectivity index (χ2n) is 2.62. The maximum Gasteiger partial charge on any atom is 0.222 e. The molecule has 0 unspecified atom stereocenters. The van der Waals surface area contributed by atoms with Crippen LogP contribution in [0.1, 0.15) is 19.8 Å². The molecule has 0 rings (SSSR count). The van der Waals surface area contributed by atoms with Gasteiger partial charge in [0.1, 0.15) is 0 Å². The molecule has 0 spiro atoms. The average molecular weight is 165 g/mol. The zero-order chi connectivity index (χ0) is 9.40. The number of amides is 1. The fourth-order valence-corrected chi connectivity index (χ4v) is 0.656. The van der Waals surface area contributed by atoms with Crippen LogP contribution in [0.25, 0.3) is 0 Å². The monoisotopic (exact) mass is 165 g/mol. The lowest BCUT2D eigenvalue weighted by molar-refractivity contribution is -0.128. The van der Waals surface area contributed by atoms with E-state index < -0.39 is 0 Å². The lowest BCUT2D eigenvalue weighted by atomic mass is 10.2. The third-order valence-corrected chi connectivity index (χ3v) is 1.37. The van der Waals surface area contributed by atoms with Gasteiger partial charge in [0.15, 0.2) is 0 Å². The number of nitrogens with zero attached hydrogens (tertiary/aromatic N) is 1. The van der Waals surface area contributed by atoms with Crippen molar-refractivity contribution in [2.75, 3.05) is 14.1 Å². The van der Waals surface area contributed by atoms with Crippen molar-refractivity contribution >= 4 is 5.91 Å². The molecule has 1 amide bonds. The van der Waals surface area contributed by atoms with Crippen LogP contribution >= 0.6 is 0 Å². The Kier molecular flexibility index (Phi) is 5.81. The van der Waals surface area contributed by atoms with Crippen LogP contribution in [0, 0.1) is 11.8 Å². The molecule has 0 aliphatic rings. The van der Waals surface area contributed by atoms with Crippen molar-refractivity contribution in [3.63, 3.8) is 0 Å². The van der Waals surface area contributed by atoms with Crippen molar-refractivity contribution in [3.05, 3.63) is 12.2 Å². The molecule has 0 heterocycles. The summed E-state index contributed by atoms with van der Waals surface area (Å²) in [7, 11) is 3.52. The van der Waals surface area contributed by atoms with Gasteiger partial charge < -0.3 is 4.90 Å². The van der Waals surface area contributed by atoms with Crippen molar-refractivity contribution in [2.45, 2.75) is 19.8 Å². The van der Waals surface area contributed by atoms with Crippen LogP contribution < -0.4 is 0 Å². The van der Waals surface area contributed by atoms with E-state index in [2.05, 4.69) is 11.8 Å². The quantitative estimate of drug-likeness (QED) is 0.579.